The zero-order valence-corrected chi connectivity index (χ0v) is 16.8. The number of benzene rings is 1. The van der Waals surface area contributed by atoms with E-state index in [0.717, 1.165) is 30.6 Å². The van der Waals surface area contributed by atoms with Crippen LogP contribution in [0.3, 0.4) is 0 Å². The van der Waals surface area contributed by atoms with Gasteiger partial charge in [-0.2, -0.15) is 5.26 Å². The van der Waals surface area contributed by atoms with E-state index in [1.807, 2.05) is 43.0 Å². The van der Waals surface area contributed by atoms with Crippen molar-refractivity contribution in [2.75, 3.05) is 11.4 Å². The fourth-order valence-electron chi connectivity index (χ4n) is 4.74. The lowest BCUT2D eigenvalue weighted by atomic mass is 9.74. The Hall–Kier alpha value is -1.58. The number of carbonyl (C=O) groups excluding carboxylic acids is 1. The molecule has 6 heteroatoms. The Morgan fingerprint density at radius 3 is 2.65 bits per heavy atom. The maximum Gasteiger partial charge on any atom is 0.322 e. The van der Waals surface area contributed by atoms with Crippen molar-refractivity contribution in [3.63, 3.8) is 0 Å². The summed E-state index contributed by atoms with van der Waals surface area (Å²) < 4.78 is 0. The third kappa shape index (κ3) is 2.91. The summed E-state index contributed by atoms with van der Waals surface area (Å²) >= 11 is 3.80. The Labute approximate surface area is 163 Å². The quantitative estimate of drug-likeness (QED) is 0.726. The Morgan fingerprint density at radius 1 is 1.23 bits per heavy atom. The molecule has 4 rings (SSSR count). The maximum absolute atomic E-state index is 12.8. The number of fused-ring (bicyclic) bond motifs is 3. The number of carbonyl (C=O) groups is 1. The molecule has 0 radical (unpaired) electrons. The molecule has 2 aliphatic heterocycles. The van der Waals surface area contributed by atoms with Gasteiger partial charge in [-0.25, -0.2) is 4.79 Å². The van der Waals surface area contributed by atoms with E-state index in [1.165, 1.54) is 6.42 Å². The second-order valence-corrected chi connectivity index (χ2v) is 9.58. The number of urea groups is 1. The van der Waals surface area contributed by atoms with Crippen molar-refractivity contribution in [1.29, 1.82) is 5.26 Å². The molecule has 0 bridgehead atoms. The number of hydrogen-bond donors (Lipinski definition) is 2. The molecule has 5 atom stereocenters. The van der Waals surface area contributed by atoms with Crippen LogP contribution in [0.25, 0.3) is 0 Å². The van der Waals surface area contributed by atoms with Crippen LogP contribution in [-0.2, 0) is 5.41 Å². The predicted octanol–water partition coefficient (Wildman–Crippen LogP) is 3.29. The number of nitriles is 1. The van der Waals surface area contributed by atoms with Crippen molar-refractivity contribution < 1.29 is 4.79 Å². The van der Waals surface area contributed by atoms with E-state index in [2.05, 4.69) is 32.6 Å². The number of amides is 2. The summed E-state index contributed by atoms with van der Waals surface area (Å²) in [5, 5.41) is 16.2. The molecule has 26 heavy (non-hydrogen) atoms. The summed E-state index contributed by atoms with van der Waals surface area (Å²) in [7, 11) is 0. The third-order valence-electron chi connectivity index (χ3n) is 6.26. The van der Waals surface area contributed by atoms with Crippen LogP contribution in [-0.4, -0.2) is 35.5 Å². The molecule has 2 N–H and O–H groups in total. The molecule has 1 saturated carbocycles. The van der Waals surface area contributed by atoms with Crippen LogP contribution in [0.2, 0.25) is 0 Å². The summed E-state index contributed by atoms with van der Waals surface area (Å²) in [5.41, 5.74) is 1.37. The van der Waals surface area contributed by atoms with Crippen LogP contribution in [0.5, 0.6) is 0 Å². The third-order valence-corrected chi connectivity index (χ3v) is 7.09. The standard InChI is InChI=1S/C20H25BrN4O/c1-20(2,11-22)12-3-6-14(7-4-12)25-18-15-9-13(21)5-8-16(15)23-10-17(18)24-19(25)26/h3-4,6-7,13,15-18,23H,5,8-10H2,1-2H3,(H,24,26). The van der Waals surface area contributed by atoms with E-state index >= 15 is 0 Å². The number of hydrogen-bond acceptors (Lipinski definition) is 3. The molecule has 2 saturated heterocycles. The SMILES string of the molecule is CC(C)(C#N)c1ccc(N2C(=O)NC3CNC4CCC(Br)CC4C32)cc1. The number of nitrogens with one attached hydrogen (secondary N) is 2. The topological polar surface area (TPSA) is 68.2 Å². The van der Waals surface area contributed by atoms with Gasteiger partial charge in [-0.3, -0.25) is 4.90 Å². The van der Waals surface area contributed by atoms with Crippen molar-refractivity contribution in [3.8, 4) is 6.07 Å². The van der Waals surface area contributed by atoms with Gasteiger partial charge in [0.1, 0.15) is 0 Å². The van der Waals surface area contributed by atoms with Gasteiger partial charge < -0.3 is 10.6 Å². The molecule has 3 aliphatic rings. The highest BCUT2D eigenvalue weighted by Gasteiger charge is 2.51. The summed E-state index contributed by atoms with van der Waals surface area (Å²) in [6.45, 7) is 4.66. The number of alkyl halides is 1. The van der Waals surface area contributed by atoms with Crippen molar-refractivity contribution in [3.05, 3.63) is 29.8 Å². The van der Waals surface area contributed by atoms with Crippen molar-refractivity contribution in [2.24, 2.45) is 5.92 Å². The molecule has 1 aromatic carbocycles. The molecule has 5 unspecified atom stereocenters. The van der Waals surface area contributed by atoms with Gasteiger partial charge in [0.05, 0.1) is 23.6 Å². The first kappa shape index (κ1) is 17.8. The van der Waals surface area contributed by atoms with E-state index in [9.17, 15) is 10.1 Å². The minimum Gasteiger partial charge on any atom is -0.332 e. The summed E-state index contributed by atoms with van der Waals surface area (Å²) in [4.78, 5) is 15.2. The number of piperidine rings is 1. The molecule has 2 heterocycles. The van der Waals surface area contributed by atoms with E-state index in [-0.39, 0.29) is 18.1 Å². The van der Waals surface area contributed by atoms with Crippen molar-refractivity contribution in [1.82, 2.24) is 10.6 Å². The molecule has 5 nitrogen and oxygen atoms in total. The van der Waals surface area contributed by atoms with E-state index in [1.54, 1.807) is 0 Å². The van der Waals surface area contributed by atoms with E-state index in [0.29, 0.717) is 16.8 Å². The molecule has 1 aliphatic carbocycles. The van der Waals surface area contributed by atoms with Gasteiger partial charge in [0, 0.05) is 23.1 Å². The highest BCUT2D eigenvalue weighted by atomic mass is 79.9. The molecule has 0 aromatic heterocycles. The van der Waals surface area contributed by atoms with Gasteiger partial charge in [-0.1, -0.05) is 28.1 Å². The number of rotatable bonds is 2. The van der Waals surface area contributed by atoms with E-state index < -0.39 is 5.41 Å². The molecule has 2 amide bonds. The minimum absolute atomic E-state index is 0.00793. The van der Waals surface area contributed by atoms with Gasteiger partial charge in [0.2, 0.25) is 0 Å². The predicted molar refractivity (Wildman–Crippen MR) is 106 cm³/mol. The van der Waals surface area contributed by atoms with Gasteiger partial charge >= 0.3 is 6.03 Å². The minimum atomic E-state index is -0.527. The maximum atomic E-state index is 12.8. The lowest BCUT2D eigenvalue weighted by molar-refractivity contribution is 0.177. The van der Waals surface area contributed by atoms with Crippen LogP contribution in [0.4, 0.5) is 10.5 Å². The lowest BCUT2D eigenvalue weighted by Gasteiger charge is -2.46. The molecule has 3 fully saturated rings. The smallest absolute Gasteiger partial charge is 0.322 e. The molecule has 138 valence electrons. The first-order valence-electron chi connectivity index (χ1n) is 9.39. The first-order chi connectivity index (χ1) is 12.4. The zero-order valence-electron chi connectivity index (χ0n) is 15.2. The van der Waals surface area contributed by atoms with Gasteiger partial charge in [0.25, 0.3) is 0 Å². The van der Waals surface area contributed by atoms with Crippen molar-refractivity contribution >= 4 is 27.6 Å². The van der Waals surface area contributed by atoms with Crippen LogP contribution >= 0.6 is 15.9 Å². The molecular weight excluding hydrogens is 392 g/mol. The monoisotopic (exact) mass is 416 g/mol. The first-order valence-corrected chi connectivity index (χ1v) is 10.3. The van der Waals surface area contributed by atoms with Crippen LogP contribution < -0.4 is 15.5 Å². The number of halogens is 1. The normalized spacial score (nSPS) is 33.8. The number of nitrogens with zero attached hydrogens (tertiary/aromatic N) is 2. The second kappa shape index (κ2) is 6.54. The Balaban J connectivity index is 1.65. The van der Waals surface area contributed by atoms with Crippen LogP contribution in [0.15, 0.2) is 24.3 Å². The summed E-state index contributed by atoms with van der Waals surface area (Å²) in [6, 6.07) is 11.1. The molecular formula is C20H25BrN4O. The highest BCUT2D eigenvalue weighted by molar-refractivity contribution is 9.09. The zero-order chi connectivity index (χ0) is 18.5. The fourth-order valence-corrected chi connectivity index (χ4v) is 5.44. The average Bonchev–Trinajstić information content (AvgIpc) is 2.98. The van der Waals surface area contributed by atoms with E-state index in [4.69, 9.17) is 0 Å². The van der Waals surface area contributed by atoms with Crippen LogP contribution in [0, 0.1) is 17.2 Å². The van der Waals surface area contributed by atoms with Gasteiger partial charge in [-0.05, 0) is 56.7 Å². The summed E-state index contributed by atoms with van der Waals surface area (Å²) in [5.74, 6) is 0.445. The van der Waals surface area contributed by atoms with Gasteiger partial charge in [0.15, 0.2) is 0 Å². The second-order valence-electron chi connectivity index (χ2n) is 8.29. The Bertz CT molecular complexity index is 741. The average molecular weight is 417 g/mol. The van der Waals surface area contributed by atoms with Crippen molar-refractivity contribution in [2.45, 2.75) is 61.5 Å². The fraction of sp³-hybridized carbons (Fsp3) is 0.600. The highest BCUT2D eigenvalue weighted by Crippen LogP contribution is 2.40. The van der Waals surface area contributed by atoms with Crippen LogP contribution in [0.1, 0.15) is 38.7 Å². The Morgan fingerprint density at radius 2 is 1.96 bits per heavy atom. The molecule has 1 aromatic rings. The summed E-state index contributed by atoms with van der Waals surface area (Å²) in [6.07, 6.45) is 3.43. The molecule has 0 spiro atoms. The Kier molecular flexibility index (Phi) is 4.48. The number of anilines is 1. The lowest BCUT2D eigenvalue weighted by Crippen LogP contribution is -2.61. The largest absolute Gasteiger partial charge is 0.332 e. The van der Waals surface area contributed by atoms with Gasteiger partial charge in [-0.15, -0.1) is 0 Å².